The molecule has 0 bridgehead atoms. The van der Waals surface area contributed by atoms with Crippen LogP contribution in [-0.4, -0.2) is 23.2 Å². The molecule has 0 fully saturated rings. The molecular weight excluding hydrogens is 302 g/mol. The minimum absolute atomic E-state index is 0.163. The average molecular weight is 318 g/mol. The largest absolute Gasteiger partial charge is 0.324 e. The van der Waals surface area contributed by atoms with Gasteiger partial charge in [-0.25, -0.2) is 0 Å². The van der Waals surface area contributed by atoms with E-state index in [2.05, 4.69) is 10.3 Å². The van der Waals surface area contributed by atoms with Gasteiger partial charge in [0.2, 0.25) is 5.91 Å². The van der Waals surface area contributed by atoms with Crippen molar-refractivity contribution < 1.29 is 9.59 Å². The van der Waals surface area contributed by atoms with Crippen LogP contribution in [0, 0.1) is 0 Å². The standard InChI is InChI=1S/C16H16ClN3O2/c1-2-10-7-14(20-15(21)8-18)12(9-19-10)16(22)11-5-3-4-6-13(11)17/h3-7,9H,2,8,18H2,1H3,(H,19,20,21). The molecule has 0 unspecified atom stereocenters. The monoisotopic (exact) mass is 317 g/mol. The van der Waals surface area contributed by atoms with Crippen LogP contribution in [0.5, 0.6) is 0 Å². The lowest BCUT2D eigenvalue weighted by Gasteiger charge is -2.11. The zero-order valence-electron chi connectivity index (χ0n) is 12.1. The number of ketones is 1. The first-order chi connectivity index (χ1) is 10.6. The number of pyridine rings is 1. The Morgan fingerprint density at radius 1 is 1.27 bits per heavy atom. The van der Waals surface area contributed by atoms with E-state index in [1.165, 1.54) is 6.20 Å². The van der Waals surface area contributed by atoms with Crippen molar-refractivity contribution in [1.82, 2.24) is 4.98 Å². The Labute approximate surface area is 133 Å². The first-order valence-electron chi connectivity index (χ1n) is 6.84. The van der Waals surface area contributed by atoms with E-state index >= 15 is 0 Å². The average Bonchev–Trinajstić information content (AvgIpc) is 2.54. The van der Waals surface area contributed by atoms with Gasteiger partial charge in [-0.15, -0.1) is 0 Å². The van der Waals surface area contributed by atoms with E-state index in [1.807, 2.05) is 6.92 Å². The zero-order valence-corrected chi connectivity index (χ0v) is 12.9. The Hall–Kier alpha value is -2.24. The number of hydrogen-bond acceptors (Lipinski definition) is 4. The van der Waals surface area contributed by atoms with Crippen LogP contribution < -0.4 is 11.1 Å². The van der Waals surface area contributed by atoms with Crippen molar-refractivity contribution in [3.8, 4) is 0 Å². The number of nitrogens with zero attached hydrogens (tertiary/aromatic N) is 1. The van der Waals surface area contributed by atoms with Crippen LogP contribution in [-0.2, 0) is 11.2 Å². The lowest BCUT2D eigenvalue weighted by atomic mass is 10.0. The van der Waals surface area contributed by atoms with Crippen molar-refractivity contribution in [3.05, 3.63) is 58.4 Å². The van der Waals surface area contributed by atoms with Gasteiger partial charge in [-0.3, -0.25) is 14.6 Å². The van der Waals surface area contributed by atoms with Crippen LogP contribution in [0.25, 0.3) is 0 Å². The Balaban J connectivity index is 2.47. The van der Waals surface area contributed by atoms with Gasteiger partial charge in [-0.2, -0.15) is 0 Å². The predicted molar refractivity (Wildman–Crippen MR) is 86.2 cm³/mol. The topological polar surface area (TPSA) is 85.1 Å². The number of benzene rings is 1. The third-order valence-corrected chi connectivity index (χ3v) is 3.48. The van der Waals surface area contributed by atoms with Crippen LogP contribution in [0.1, 0.15) is 28.5 Å². The van der Waals surface area contributed by atoms with Crippen LogP contribution in [0.3, 0.4) is 0 Å². The fraction of sp³-hybridized carbons (Fsp3) is 0.188. The molecule has 6 heteroatoms. The molecule has 5 nitrogen and oxygen atoms in total. The van der Waals surface area contributed by atoms with Crippen LogP contribution in [0.2, 0.25) is 5.02 Å². The highest BCUT2D eigenvalue weighted by atomic mass is 35.5. The van der Waals surface area contributed by atoms with E-state index in [-0.39, 0.29) is 23.8 Å². The van der Waals surface area contributed by atoms with Gasteiger partial charge in [-0.1, -0.05) is 30.7 Å². The van der Waals surface area contributed by atoms with E-state index in [0.717, 1.165) is 5.69 Å². The molecule has 0 atom stereocenters. The Bertz CT molecular complexity index is 716. The third kappa shape index (κ3) is 3.50. The molecule has 2 aromatic rings. The number of carbonyl (C=O) groups excluding carboxylic acids is 2. The number of anilines is 1. The molecule has 1 heterocycles. The number of hydrogen-bond donors (Lipinski definition) is 2. The summed E-state index contributed by atoms with van der Waals surface area (Å²) in [6, 6.07) is 8.42. The maximum atomic E-state index is 12.7. The summed E-state index contributed by atoms with van der Waals surface area (Å²) in [5.41, 5.74) is 7.12. The molecule has 0 saturated heterocycles. The molecular formula is C16H16ClN3O2. The molecule has 1 aromatic carbocycles. The van der Waals surface area contributed by atoms with Gasteiger partial charge in [-0.05, 0) is 24.6 Å². The summed E-state index contributed by atoms with van der Waals surface area (Å²) >= 11 is 6.06. The van der Waals surface area contributed by atoms with Gasteiger partial charge < -0.3 is 11.1 Å². The minimum atomic E-state index is -0.374. The van der Waals surface area contributed by atoms with Crippen molar-refractivity contribution in [2.24, 2.45) is 5.73 Å². The summed E-state index contributed by atoms with van der Waals surface area (Å²) in [5.74, 6) is -0.672. The highest BCUT2D eigenvalue weighted by Gasteiger charge is 2.18. The van der Waals surface area contributed by atoms with E-state index in [0.29, 0.717) is 22.7 Å². The van der Waals surface area contributed by atoms with E-state index in [9.17, 15) is 9.59 Å². The molecule has 0 saturated carbocycles. The zero-order chi connectivity index (χ0) is 16.1. The van der Waals surface area contributed by atoms with E-state index < -0.39 is 0 Å². The predicted octanol–water partition coefficient (Wildman–Crippen LogP) is 2.43. The highest BCUT2D eigenvalue weighted by molar-refractivity contribution is 6.35. The molecule has 0 aliphatic carbocycles. The highest BCUT2D eigenvalue weighted by Crippen LogP contribution is 2.24. The van der Waals surface area contributed by atoms with Crippen molar-refractivity contribution in [2.75, 3.05) is 11.9 Å². The van der Waals surface area contributed by atoms with Gasteiger partial charge in [0.05, 0.1) is 22.8 Å². The lowest BCUT2D eigenvalue weighted by molar-refractivity contribution is -0.114. The SMILES string of the molecule is CCc1cc(NC(=O)CN)c(C(=O)c2ccccc2Cl)cn1. The summed E-state index contributed by atoms with van der Waals surface area (Å²) < 4.78 is 0. The lowest BCUT2D eigenvalue weighted by Crippen LogP contribution is -2.23. The summed E-state index contributed by atoms with van der Waals surface area (Å²) in [7, 11) is 0. The normalized spacial score (nSPS) is 10.3. The number of amides is 1. The minimum Gasteiger partial charge on any atom is -0.324 e. The number of aromatic nitrogens is 1. The van der Waals surface area contributed by atoms with Gasteiger partial charge in [0.25, 0.3) is 0 Å². The number of aryl methyl sites for hydroxylation is 1. The van der Waals surface area contributed by atoms with E-state index in [4.69, 9.17) is 17.3 Å². The molecule has 1 aromatic heterocycles. The quantitative estimate of drug-likeness (QED) is 0.829. The van der Waals surface area contributed by atoms with Gasteiger partial charge in [0.1, 0.15) is 0 Å². The number of nitrogens with two attached hydrogens (primary N) is 1. The number of nitrogens with one attached hydrogen (secondary N) is 1. The Morgan fingerprint density at radius 2 is 2.00 bits per heavy atom. The van der Waals surface area contributed by atoms with Gasteiger partial charge in [0, 0.05) is 17.5 Å². The molecule has 22 heavy (non-hydrogen) atoms. The smallest absolute Gasteiger partial charge is 0.238 e. The van der Waals surface area contributed by atoms with Crippen LogP contribution >= 0.6 is 11.6 Å². The first kappa shape index (κ1) is 16.1. The fourth-order valence-corrected chi connectivity index (χ4v) is 2.19. The van der Waals surface area contributed by atoms with Crippen molar-refractivity contribution in [3.63, 3.8) is 0 Å². The molecule has 2 rings (SSSR count). The second-order valence-electron chi connectivity index (χ2n) is 4.64. The molecule has 3 N–H and O–H groups in total. The third-order valence-electron chi connectivity index (χ3n) is 3.15. The maximum absolute atomic E-state index is 12.7. The maximum Gasteiger partial charge on any atom is 0.238 e. The molecule has 0 aliphatic rings. The summed E-state index contributed by atoms with van der Waals surface area (Å²) in [6.45, 7) is 1.77. The molecule has 114 valence electrons. The van der Waals surface area contributed by atoms with Crippen LogP contribution in [0.4, 0.5) is 5.69 Å². The Morgan fingerprint density at radius 3 is 2.64 bits per heavy atom. The fourth-order valence-electron chi connectivity index (χ4n) is 1.97. The number of carbonyl (C=O) groups is 2. The Kier molecular flexibility index (Phi) is 5.25. The molecule has 0 radical (unpaired) electrons. The molecule has 1 amide bonds. The van der Waals surface area contributed by atoms with E-state index in [1.54, 1.807) is 30.3 Å². The second kappa shape index (κ2) is 7.15. The van der Waals surface area contributed by atoms with Gasteiger partial charge in [0.15, 0.2) is 5.78 Å². The second-order valence-corrected chi connectivity index (χ2v) is 5.04. The van der Waals surface area contributed by atoms with Crippen molar-refractivity contribution in [2.45, 2.75) is 13.3 Å². The summed E-state index contributed by atoms with van der Waals surface area (Å²) in [4.78, 5) is 28.4. The number of rotatable bonds is 5. The first-order valence-corrected chi connectivity index (χ1v) is 7.22. The van der Waals surface area contributed by atoms with Crippen molar-refractivity contribution in [1.29, 1.82) is 0 Å². The summed E-state index contributed by atoms with van der Waals surface area (Å²) in [5, 5.41) is 2.99. The van der Waals surface area contributed by atoms with Crippen molar-refractivity contribution >= 4 is 29.0 Å². The summed E-state index contributed by atoms with van der Waals surface area (Å²) in [6.07, 6.45) is 2.14. The van der Waals surface area contributed by atoms with Crippen LogP contribution in [0.15, 0.2) is 36.5 Å². The molecule has 0 aliphatic heterocycles. The number of halogens is 1. The van der Waals surface area contributed by atoms with Gasteiger partial charge >= 0.3 is 0 Å². The molecule has 0 spiro atoms.